The Morgan fingerprint density at radius 3 is 2.57 bits per heavy atom. The predicted octanol–water partition coefficient (Wildman–Crippen LogP) is 3.74. The summed E-state index contributed by atoms with van der Waals surface area (Å²) in [5.41, 5.74) is 3.97. The number of carbonyl (C=O) groups excluding carboxylic acids is 1. The van der Waals surface area contributed by atoms with Crippen molar-refractivity contribution in [2.45, 2.75) is 26.8 Å². The summed E-state index contributed by atoms with van der Waals surface area (Å²) in [7, 11) is 1.59. The van der Waals surface area contributed by atoms with Gasteiger partial charge in [0.1, 0.15) is 11.8 Å². The molecule has 0 saturated carbocycles. The third-order valence-electron chi connectivity index (χ3n) is 4.71. The second-order valence-electron chi connectivity index (χ2n) is 6.70. The number of aryl methyl sites for hydroxylation is 2. The summed E-state index contributed by atoms with van der Waals surface area (Å²) in [6.07, 6.45) is 0. The van der Waals surface area contributed by atoms with Gasteiger partial charge in [-0.25, -0.2) is 4.68 Å². The van der Waals surface area contributed by atoms with Crippen molar-refractivity contribution in [3.8, 4) is 17.0 Å². The Morgan fingerprint density at radius 2 is 1.86 bits per heavy atom. The molecule has 0 spiro atoms. The van der Waals surface area contributed by atoms with Gasteiger partial charge in [0.25, 0.3) is 5.56 Å². The van der Waals surface area contributed by atoms with Gasteiger partial charge in [0, 0.05) is 17.3 Å². The maximum absolute atomic E-state index is 12.7. The van der Waals surface area contributed by atoms with Crippen molar-refractivity contribution >= 4 is 11.6 Å². The highest BCUT2D eigenvalue weighted by Gasteiger charge is 2.18. The molecular formula is C22H23N3O3. The van der Waals surface area contributed by atoms with Crippen LogP contribution in [-0.2, 0) is 4.79 Å². The van der Waals surface area contributed by atoms with Crippen molar-refractivity contribution < 1.29 is 9.53 Å². The average Bonchev–Trinajstić information content (AvgIpc) is 2.70. The molecule has 1 heterocycles. The van der Waals surface area contributed by atoms with Gasteiger partial charge in [-0.05, 0) is 62.2 Å². The first-order chi connectivity index (χ1) is 13.4. The van der Waals surface area contributed by atoms with Crippen molar-refractivity contribution in [3.05, 3.63) is 76.1 Å². The molecular weight excluding hydrogens is 354 g/mol. The summed E-state index contributed by atoms with van der Waals surface area (Å²) >= 11 is 0. The largest absolute Gasteiger partial charge is 0.497 e. The number of hydrogen-bond acceptors (Lipinski definition) is 4. The Labute approximate surface area is 163 Å². The summed E-state index contributed by atoms with van der Waals surface area (Å²) in [4.78, 5) is 25.0. The van der Waals surface area contributed by atoms with E-state index in [0.29, 0.717) is 17.1 Å². The topological polar surface area (TPSA) is 73.2 Å². The minimum atomic E-state index is -0.764. The Bertz CT molecular complexity index is 1070. The summed E-state index contributed by atoms with van der Waals surface area (Å²) in [6, 6.07) is 15.4. The molecule has 6 nitrogen and oxygen atoms in total. The number of anilines is 1. The standard InChI is InChI=1S/C22H23N3O3/c1-14-8-9-18(12-15(14)2)23-22(27)16(3)25-21(26)11-10-20(24-25)17-6-5-7-19(13-17)28-4/h5-13,16H,1-4H3,(H,23,27). The molecule has 0 radical (unpaired) electrons. The van der Waals surface area contributed by atoms with E-state index in [2.05, 4.69) is 10.4 Å². The minimum absolute atomic E-state index is 0.305. The van der Waals surface area contributed by atoms with E-state index < -0.39 is 6.04 Å². The quantitative estimate of drug-likeness (QED) is 0.735. The van der Waals surface area contributed by atoms with Crippen molar-refractivity contribution in [2.75, 3.05) is 12.4 Å². The van der Waals surface area contributed by atoms with Gasteiger partial charge in [0.05, 0.1) is 12.8 Å². The van der Waals surface area contributed by atoms with Crippen LogP contribution in [-0.4, -0.2) is 22.8 Å². The van der Waals surface area contributed by atoms with Gasteiger partial charge in [-0.2, -0.15) is 5.10 Å². The molecule has 1 unspecified atom stereocenters. The lowest BCUT2D eigenvalue weighted by Gasteiger charge is -2.15. The number of nitrogens with one attached hydrogen (secondary N) is 1. The molecule has 0 fully saturated rings. The third-order valence-corrected chi connectivity index (χ3v) is 4.71. The predicted molar refractivity (Wildman–Crippen MR) is 110 cm³/mol. The zero-order valence-electron chi connectivity index (χ0n) is 16.4. The molecule has 1 amide bonds. The smallest absolute Gasteiger partial charge is 0.267 e. The molecule has 6 heteroatoms. The first-order valence-corrected chi connectivity index (χ1v) is 9.01. The molecule has 0 aliphatic carbocycles. The molecule has 1 atom stereocenters. The monoisotopic (exact) mass is 377 g/mol. The molecule has 3 rings (SSSR count). The molecule has 28 heavy (non-hydrogen) atoms. The molecule has 1 N–H and O–H groups in total. The van der Waals surface area contributed by atoms with Crippen LogP contribution in [0.25, 0.3) is 11.3 Å². The van der Waals surface area contributed by atoms with Crippen LogP contribution in [0.4, 0.5) is 5.69 Å². The normalized spacial score (nSPS) is 11.7. The number of methoxy groups -OCH3 is 1. The summed E-state index contributed by atoms with van der Waals surface area (Å²) in [5.74, 6) is 0.387. The van der Waals surface area contributed by atoms with Gasteiger partial charge >= 0.3 is 0 Å². The van der Waals surface area contributed by atoms with Crippen LogP contribution in [0.15, 0.2) is 59.4 Å². The average molecular weight is 377 g/mol. The van der Waals surface area contributed by atoms with E-state index in [1.165, 1.54) is 10.7 Å². The van der Waals surface area contributed by atoms with Crippen molar-refractivity contribution in [1.29, 1.82) is 0 Å². The molecule has 1 aromatic heterocycles. The van der Waals surface area contributed by atoms with E-state index in [1.807, 2.05) is 56.3 Å². The summed E-state index contributed by atoms with van der Waals surface area (Å²) in [6.45, 7) is 5.65. The number of carbonyl (C=O) groups is 1. The molecule has 0 aliphatic rings. The first-order valence-electron chi connectivity index (χ1n) is 9.01. The Morgan fingerprint density at radius 1 is 1.07 bits per heavy atom. The van der Waals surface area contributed by atoms with Crippen LogP contribution in [0.2, 0.25) is 0 Å². The molecule has 3 aromatic rings. The summed E-state index contributed by atoms with van der Waals surface area (Å²) < 4.78 is 6.44. The van der Waals surface area contributed by atoms with E-state index in [9.17, 15) is 9.59 Å². The van der Waals surface area contributed by atoms with Gasteiger partial charge in [-0.1, -0.05) is 18.2 Å². The SMILES string of the molecule is COc1cccc(-c2ccc(=O)n(C(C)C(=O)Nc3ccc(C)c(C)c3)n2)c1. The zero-order chi connectivity index (χ0) is 20.3. The van der Waals surface area contributed by atoms with Crippen molar-refractivity contribution in [1.82, 2.24) is 9.78 Å². The highest BCUT2D eigenvalue weighted by molar-refractivity contribution is 5.93. The number of hydrogen-bond donors (Lipinski definition) is 1. The van der Waals surface area contributed by atoms with Gasteiger partial charge in [-0.15, -0.1) is 0 Å². The zero-order valence-corrected chi connectivity index (χ0v) is 16.4. The van der Waals surface area contributed by atoms with Crippen molar-refractivity contribution in [3.63, 3.8) is 0 Å². The van der Waals surface area contributed by atoms with Crippen LogP contribution in [0.5, 0.6) is 5.75 Å². The second kappa shape index (κ2) is 8.08. The lowest BCUT2D eigenvalue weighted by Crippen LogP contribution is -2.33. The number of aromatic nitrogens is 2. The number of benzene rings is 2. The van der Waals surface area contributed by atoms with Crippen LogP contribution in [0.1, 0.15) is 24.1 Å². The number of rotatable bonds is 5. The number of amides is 1. The van der Waals surface area contributed by atoms with Crippen molar-refractivity contribution in [2.24, 2.45) is 0 Å². The molecule has 0 aliphatic heterocycles. The highest BCUT2D eigenvalue weighted by Crippen LogP contribution is 2.22. The van der Waals surface area contributed by atoms with Crippen LogP contribution >= 0.6 is 0 Å². The van der Waals surface area contributed by atoms with Gasteiger partial charge in [0.2, 0.25) is 5.91 Å². The Kier molecular flexibility index (Phi) is 5.59. The maximum Gasteiger partial charge on any atom is 0.267 e. The van der Waals surface area contributed by atoms with Crippen LogP contribution < -0.4 is 15.6 Å². The number of nitrogens with zero attached hydrogens (tertiary/aromatic N) is 2. The second-order valence-corrected chi connectivity index (χ2v) is 6.70. The first kappa shape index (κ1) is 19.4. The molecule has 2 aromatic carbocycles. The molecule has 144 valence electrons. The molecule has 0 bridgehead atoms. The maximum atomic E-state index is 12.7. The van der Waals surface area contributed by atoms with E-state index >= 15 is 0 Å². The van der Waals surface area contributed by atoms with Gasteiger partial charge in [0.15, 0.2) is 0 Å². The van der Waals surface area contributed by atoms with Crippen LogP contribution in [0.3, 0.4) is 0 Å². The highest BCUT2D eigenvalue weighted by atomic mass is 16.5. The molecule has 0 saturated heterocycles. The minimum Gasteiger partial charge on any atom is -0.497 e. The fourth-order valence-corrected chi connectivity index (χ4v) is 2.82. The van der Waals surface area contributed by atoms with E-state index in [0.717, 1.165) is 16.7 Å². The van der Waals surface area contributed by atoms with E-state index in [-0.39, 0.29) is 11.5 Å². The lowest BCUT2D eigenvalue weighted by atomic mass is 10.1. The van der Waals surface area contributed by atoms with E-state index in [4.69, 9.17) is 4.74 Å². The lowest BCUT2D eigenvalue weighted by molar-refractivity contribution is -0.119. The van der Waals surface area contributed by atoms with Crippen LogP contribution in [0, 0.1) is 13.8 Å². The fraction of sp³-hybridized carbons (Fsp3) is 0.227. The Hall–Kier alpha value is -3.41. The Balaban J connectivity index is 1.88. The third kappa shape index (κ3) is 4.11. The van der Waals surface area contributed by atoms with E-state index in [1.54, 1.807) is 20.1 Å². The number of ether oxygens (including phenoxy) is 1. The summed E-state index contributed by atoms with van der Waals surface area (Å²) in [5, 5.41) is 7.25. The van der Waals surface area contributed by atoms with Gasteiger partial charge < -0.3 is 10.1 Å². The van der Waals surface area contributed by atoms with Gasteiger partial charge in [-0.3, -0.25) is 9.59 Å². The fourth-order valence-electron chi connectivity index (χ4n) is 2.82.